The molecule has 1 fully saturated rings. The molecule has 1 saturated heterocycles. The van der Waals surface area contributed by atoms with E-state index in [0.29, 0.717) is 6.54 Å². The number of rotatable bonds is 2. The molecule has 1 aliphatic rings. The van der Waals surface area contributed by atoms with Crippen LogP contribution in [-0.2, 0) is 11.3 Å². The molecule has 0 radical (unpaired) electrons. The number of hydrogen-bond donors (Lipinski definition) is 1. The third-order valence-electron chi connectivity index (χ3n) is 2.82. The van der Waals surface area contributed by atoms with Crippen LogP contribution < -0.4 is 10.6 Å². The van der Waals surface area contributed by atoms with Gasteiger partial charge in [-0.3, -0.25) is 4.98 Å². The quantitative estimate of drug-likeness (QED) is 0.814. The summed E-state index contributed by atoms with van der Waals surface area (Å²) in [4.78, 5) is 6.63. The van der Waals surface area contributed by atoms with Gasteiger partial charge in [0.15, 0.2) is 0 Å². The molecule has 2 unspecified atom stereocenters. The van der Waals surface area contributed by atoms with E-state index in [1.165, 1.54) is 0 Å². The van der Waals surface area contributed by atoms with E-state index in [1.807, 2.05) is 6.07 Å². The van der Waals surface area contributed by atoms with Crippen molar-refractivity contribution >= 4 is 5.69 Å². The number of morpholine rings is 1. The Morgan fingerprint density at radius 3 is 2.75 bits per heavy atom. The number of anilines is 1. The Bertz CT molecular complexity index is 346. The first kappa shape index (κ1) is 11.4. The van der Waals surface area contributed by atoms with E-state index in [4.69, 9.17) is 10.5 Å². The maximum absolute atomic E-state index is 5.72. The molecule has 0 amide bonds. The summed E-state index contributed by atoms with van der Waals surface area (Å²) >= 11 is 0. The topological polar surface area (TPSA) is 51.4 Å². The number of nitrogens with zero attached hydrogens (tertiary/aromatic N) is 2. The summed E-state index contributed by atoms with van der Waals surface area (Å²) in [6, 6.07) is 4.04. The zero-order chi connectivity index (χ0) is 11.5. The molecule has 0 saturated carbocycles. The molecular formula is C12H19N3O. The van der Waals surface area contributed by atoms with Crippen LogP contribution in [0.4, 0.5) is 5.69 Å². The second-order valence-corrected chi connectivity index (χ2v) is 4.34. The van der Waals surface area contributed by atoms with Crippen LogP contribution >= 0.6 is 0 Å². The average Bonchev–Trinajstić information content (AvgIpc) is 2.27. The third kappa shape index (κ3) is 2.33. The van der Waals surface area contributed by atoms with Crippen molar-refractivity contribution in [1.29, 1.82) is 0 Å². The Labute approximate surface area is 96.4 Å². The van der Waals surface area contributed by atoms with Crippen molar-refractivity contribution in [3.63, 3.8) is 0 Å². The fourth-order valence-corrected chi connectivity index (χ4v) is 2.25. The predicted octanol–water partition coefficient (Wildman–Crippen LogP) is 1.15. The highest BCUT2D eigenvalue weighted by atomic mass is 16.5. The molecular weight excluding hydrogens is 202 g/mol. The van der Waals surface area contributed by atoms with Crippen LogP contribution in [0.5, 0.6) is 0 Å². The zero-order valence-corrected chi connectivity index (χ0v) is 9.89. The minimum Gasteiger partial charge on any atom is -0.372 e. The predicted molar refractivity (Wildman–Crippen MR) is 64.4 cm³/mol. The summed E-state index contributed by atoms with van der Waals surface area (Å²) in [5.74, 6) is 0. The maximum Gasteiger partial charge on any atom is 0.0772 e. The van der Waals surface area contributed by atoms with Gasteiger partial charge in [0.05, 0.1) is 23.6 Å². The van der Waals surface area contributed by atoms with Crippen LogP contribution in [0.25, 0.3) is 0 Å². The van der Waals surface area contributed by atoms with Crippen LogP contribution in [0.3, 0.4) is 0 Å². The first-order valence-corrected chi connectivity index (χ1v) is 5.75. The lowest BCUT2D eigenvalue weighted by Gasteiger charge is -2.37. The summed E-state index contributed by atoms with van der Waals surface area (Å²) in [5, 5.41) is 0. The van der Waals surface area contributed by atoms with Crippen LogP contribution in [0.2, 0.25) is 0 Å². The Hall–Kier alpha value is -1.13. The molecule has 4 nitrogen and oxygen atoms in total. The monoisotopic (exact) mass is 221 g/mol. The molecule has 4 heteroatoms. The van der Waals surface area contributed by atoms with Crippen LogP contribution in [0, 0.1) is 0 Å². The van der Waals surface area contributed by atoms with Crippen molar-refractivity contribution < 1.29 is 4.74 Å². The summed E-state index contributed by atoms with van der Waals surface area (Å²) in [5.41, 5.74) is 7.81. The van der Waals surface area contributed by atoms with Crippen molar-refractivity contribution in [3.8, 4) is 0 Å². The van der Waals surface area contributed by atoms with Gasteiger partial charge >= 0.3 is 0 Å². The van der Waals surface area contributed by atoms with E-state index in [0.717, 1.165) is 24.5 Å². The first-order valence-electron chi connectivity index (χ1n) is 5.75. The molecule has 88 valence electrons. The van der Waals surface area contributed by atoms with E-state index in [-0.39, 0.29) is 12.2 Å². The largest absolute Gasteiger partial charge is 0.372 e. The van der Waals surface area contributed by atoms with Gasteiger partial charge in [0, 0.05) is 25.8 Å². The minimum atomic E-state index is 0.259. The van der Waals surface area contributed by atoms with E-state index in [2.05, 4.69) is 29.8 Å². The van der Waals surface area contributed by atoms with Gasteiger partial charge in [0.2, 0.25) is 0 Å². The normalized spacial score (nSPS) is 25.8. The first-order chi connectivity index (χ1) is 7.70. The summed E-state index contributed by atoms with van der Waals surface area (Å²) < 4.78 is 5.72. The standard InChI is InChI=1S/C12H19N3O/c1-9-7-15(8-10(2)16-9)12-4-3-5-14-11(12)6-13/h3-5,9-10H,6-8,13H2,1-2H3. The van der Waals surface area contributed by atoms with Crippen molar-refractivity contribution in [3.05, 3.63) is 24.0 Å². The van der Waals surface area contributed by atoms with Gasteiger partial charge in [0.25, 0.3) is 0 Å². The number of aromatic nitrogens is 1. The summed E-state index contributed by atoms with van der Waals surface area (Å²) in [6.45, 7) is 6.49. The molecule has 1 aliphatic heterocycles. The van der Waals surface area contributed by atoms with Crippen molar-refractivity contribution in [2.75, 3.05) is 18.0 Å². The van der Waals surface area contributed by atoms with E-state index in [9.17, 15) is 0 Å². The van der Waals surface area contributed by atoms with Gasteiger partial charge in [-0.1, -0.05) is 0 Å². The molecule has 2 N–H and O–H groups in total. The Kier molecular flexibility index (Phi) is 3.41. The molecule has 0 spiro atoms. The van der Waals surface area contributed by atoms with E-state index >= 15 is 0 Å². The second-order valence-electron chi connectivity index (χ2n) is 4.34. The van der Waals surface area contributed by atoms with Crippen LogP contribution in [0.1, 0.15) is 19.5 Å². The van der Waals surface area contributed by atoms with Gasteiger partial charge < -0.3 is 15.4 Å². The average molecular weight is 221 g/mol. The van der Waals surface area contributed by atoms with Gasteiger partial charge in [-0.2, -0.15) is 0 Å². The minimum absolute atomic E-state index is 0.259. The van der Waals surface area contributed by atoms with Crippen LogP contribution in [0.15, 0.2) is 18.3 Å². The highest BCUT2D eigenvalue weighted by Crippen LogP contribution is 2.22. The molecule has 0 bridgehead atoms. The number of nitrogens with two attached hydrogens (primary N) is 1. The van der Waals surface area contributed by atoms with Crippen molar-refractivity contribution in [2.24, 2.45) is 5.73 Å². The summed E-state index contributed by atoms with van der Waals surface area (Å²) in [7, 11) is 0. The molecule has 2 heterocycles. The lowest BCUT2D eigenvalue weighted by Crippen LogP contribution is -2.46. The molecule has 1 aromatic heterocycles. The molecule has 2 rings (SSSR count). The Balaban J connectivity index is 2.22. The Morgan fingerprint density at radius 2 is 2.12 bits per heavy atom. The molecule has 1 aromatic rings. The zero-order valence-electron chi connectivity index (χ0n) is 9.89. The van der Waals surface area contributed by atoms with E-state index < -0.39 is 0 Å². The number of hydrogen-bond acceptors (Lipinski definition) is 4. The Morgan fingerprint density at radius 1 is 1.44 bits per heavy atom. The van der Waals surface area contributed by atoms with Gasteiger partial charge in [0.1, 0.15) is 0 Å². The second kappa shape index (κ2) is 4.80. The lowest BCUT2D eigenvalue weighted by molar-refractivity contribution is -0.00528. The lowest BCUT2D eigenvalue weighted by atomic mass is 10.2. The van der Waals surface area contributed by atoms with Gasteiger partial charge in [-0.15, -0.1) is 0 Å². The smallest absolute Gasteiger partial charge is 0.0772 e. The highest BCUT2D eigenvalue weighted by Gasteiger charge is 2.23. The maximum atomic E-state index is 5.72. The molecule has 2 atom stereocenters. The highest BCUT2D eigenvalue weighted by molar-refractivity contribution is 5.51. The van der Waals surface area contributed by atoms with Gasteiger partial charge in [-0.05, 0) is 26.0 Å². The van der Waals surface area contributed by atoms with Crippen molar-refractivity contribution in [1.82, 2.24) is 4.98 Å². The summed E-state index contributed by atoms with van der Waals surface area (Å²) in [6.07, 6.45) is 2.31. The number of pyridine rings is 1. The SMILES string of the molecule is CC1CN(c2cccnc2CN)CC(C)O1. The fraction of sp³-hybridized carbons (Fsp3) is 0.583. The van der Waals surface area contributed by atoms with Crippen molar-refractivity contribution in [2.45, 2.75) is 32.6 Å². The fourth-order valence-electron chi connectivity index (χ4n) is 2.25. The van der Waals surface area contributed by atoms with E-state index in [1.54, 1.807) is 6.20 Å². The molecule has 16 heavy (non-hydrogen) atoms. The third-order valence-corrected chi connectivity index (χ3v) is 2.82. The molecule has 0 aromatic carbocycles. The number of ether oxygens (including phenoxy) is 1. The molecule has 0 aliphatic carbocycles. The van der Waals surface area contributed by atoms with Crippen LogP contribution in [-0.4, -0.2) is 30.3 Å². The van der Waals surface area contributed by atoms with Gasteiger partial charge in [-0.25, -0.2) is 0 Å².